The minimum Gasteiger partial charge on any atom is -0.383 e. The largest absolute Gasteiger partial charge is 0.383 e. The summed E-state index contributed by atoms with van der Waals surface area (Å²) in [5.41, 5.74) is 12.1. The number of hydrogen-bond acceptors (Lipinski definition) is 5. The monoisotopic (exact) mass is 277 g/mol. The van der Waals surface area contributed by atoms with E-state index >= 15 is 0 Å². The molecule has 0 aromatic carbocycles. The van der Waals surface area contributed by atoms with E-state index in [0.29, 0.717) is 12.4 Å². The van der Waals surface area contributed by atoms with Crippen molar-refractivity contribution in [3.05, 3.63) is 11.4 Å². The van der Waals surface area contributed by atoms with Crippen LogP contribution in [0.15, 0.2) is 0 Å². The van der Waals surface area contributed by atoms with Gasteiger partial charge in [-0.3, -0.25) is 4.79 Å². The highest BCUT2D eigenvalue weighted by molar-refractivity contribution is 5.78. The highest BCUT2D eigenvalue weighted by Gasteiger charge is 2.30. The fourth-order valence-electron chi connectivity index (χ4n) is 2.35. The van der Waals surface area contributed by atoms with Gasteiger partial charge >= 0.3 is 0 Å². The van der Waals surface area contributed by atoms with Gasteiger partial charge in [-0.15, -0.1) is 0 Å². The molecule has 0 spiro atoms. The van der Waals surface area contributed by atoms with Crippen molar-refractivity contribution < 1.29 is 4.79 Å². The summed E-state index contributed by atoms with van der Waals surface area (Å²) in [6.45, 7) is 9.45. The Morgan fingerprint density at radius 2 is 2.00 bits per heavy atom. The predicted molar refractivity (Wildman–Crippen MR) is 79.4 cm³/mol. The second-order valence-corrected chi connectivity index (χ2v) is 6.47. The van der Waals surface area contributed by atoms with E-state index in [-0.39, 0.29) is 17.2 Å². The Hall–Kier alpha value is -1.85. The average Bonchev–Trinajstić information content (AvgIpc) is 2.80. The second-order valence-electron chi connectivity index (χ2n) is 6.47. The number of aromatic nitrogens is 2. The Morgan fingerprint density at radius 3 is 2.50 bits per heavy atom. The van der Waals surface area contributed by atoms with Crippen LogP contribution in [-0.4, -0.2) is 29.0 Å². The van der Waals surface area contributed by atoms with Gasteiger partial charge in [0.1, 0.15) is 17.5 Å². The van der Waals surface area contributed by atoms with Crippen LogP contribution >= 0.6 is 0 Å². The number of nitrogens with two attached hydrogens (primary N) is 2. The zero-order chi connectivity index (χ0) is 15.1. The maximum atomic E-state index is 11.3. The normalized spacial score (nSPS) is 19.4. The maximum Gasteiger partial charge on any atom is 0.222 e. The third-order valence-corrected chi connectivity index (χ3v) is 3.72. The molecule has 20 heavy (non-hydrogen) atoms. The molecule has 1 aliphatic rings. The number of carbonyl (C=O) groups excluding carboxylic acids is 1. The van der Waals surface area contributed by atoms with E-state index in [1.165, 1.54) is 0 Å². The minimum absolute atomic E-state index is 0.108. The van der Waals surface area contributed by atoms with Crippen LogP contribution in [0.3, 0.4) is 0 Å². The standard InChI is InChI=1S/C14H23N5O/c1-8-10(15)17-13(14(2,3)4)18-12(8)19-6-5-9(7-19)11(16)20/h9H,5-7H2,1-4H3,(H2,16,20)(H2,15,17,18). The molecule has 0 saturated carbocycles. The smallest absolute Gasteiger partial charge is 0.222 e. The third kappa shape index (κ3) is 2.69. The molecule has 0 bridgehead atoms. The van der Waals surface area contributed by atoms with E-state index in [1.807, 2.05) is 6.92 Å². The van der Waals surface area contributed by atoms with Gasteiger partial charge in [-0.25, -0.2) is 9.97 Å². The molecule has 1 fully saturated rings. The van der Waals surface area contributed by atoms with Crippen molar-refractivity contribution in [2.45, 2.75) is 39.5 Å². The lowest BCUT2D eigenvalue weighted by molar-refractivity contribution is -0.121. The Kier molecular flexibility index (Phi) is 3.58. The van der Waals surface area contributed by atoms with Crippen LogP contribution in [0.5, 0.6) is 0 Å². The van der Waals surface area contributed by atoms with Crippen LogP contribution in [0.2, 0.25) is 0 Å². The topological polar surface area (TPSA) is 98.1 Å². The van der Waals surface area contributed by atoms with Crippen LogP contribution < -0.4 is 16.4 Å². The summed E-state index contributed by atoms with van der Waals surface area (Å²) in [6.07, 6.45) is 0.767. The average molecular weight is 277 g/mol. The van der Waals surface area contributed by atoms with Crippen molar-refractivity contribution >= 4 is 17.5 Å². The number of hydrogen-bond donors (Lipinski definition) is 2. The van der Waals surface area contributed by atoms with Gasteiger partial charge < -0.3 is 16.4 Å². The molecule has 1 saturated heterocycles. The molecule has 1 unspecified atom stereocenters. The van der Waals surface area contributed by atoms with E-state index in [9.17, 15) is 4.79 Å². The maximum absolute atomic E-state index is 11.3. The number of nitrogens with zero attached hydrogens (tertiary/aromatic N) is 3. The zero-order valence-corrected chi connectivity index (χ0v) is 12.6. The number of primary amides is 1. The predicted octanol–water partition coefficient (Wildman–Crippen LogP) is 0.976. The summed E-state index contributed by atoms with van der Waals surface area (Å²) in [4.78, 5) is 22.4. The summed E-state index contributed by atoms with van der Waals surface area (Å²) in [7, 11) is 0. The SMILES string of the molecule is Cc1c(N)nc(C(C)(C)C)nc1N1CCC(C(N)=O)C1. The number of amides is 1. The van der Waals surface area contributed by atoms with E-state index in [2.05, 4.69) is 35.6 Å². The van der Waals surface area contributed by atoms with Crippen molar-refractivity contribution in [2.75, 3.05) is 23.7 Å². The molecular weight excluding hydrogens is 254 g/mol. The molecule has 2 rings (SSSR count). The first-order chi connectivity index (χ1) is 9.20. The highest BCUT2D eigenvalue weighted by Crippen LogP contribution is 2.30. The summed E-state index contributed by atoms with van der Waals surface area (Å²) in [5.74, 6) is 1.69. The molecule has 6 nitrogen and oxygen atoms in total. The van der Waals surface area contributed by atoms with Gasteiger partial charge in [0.15, 0.2) is 0 Å². The molecule has 0 radical (unpaired) electrons. The van der Waals surface area contributed by atoms with E-state index in [1.54, 1.807) is 0 Å². The third-order valence-electron chi connectivity index (χ3n) is 3.72. The first kappa shape index (κ1) is 14.6. The van der Waals surface area contributed by atoms with Gasteiger partial charge in [0.05, 0.1) is 5.92 Å². The Labute approximate surface area is 119 Å². The number of anilines is 2. The molecule has 1 amide bonds. The van der Waals surface area contributed by atoms with Crippen LogP contribution in [-0.2, 0) is 10.2 Å². The first-order valence-corrected chi connectivity index (χ1v) is 6.89. The van der Waals surface area contributed by atoms with E-state index in [0.717, 1.165) is 30.2 Å². The molecule has 0 aliphatic carbocycles. The minimum atomic E-state index is -0.247. The van der Waals surface area contributed by atoms with Gasteiger partial charge in [-0.1, -0.05) is 20.8 Å². The number of rotatable bonds is 2. The molecule has 110 valence electrons. The molecule has 1 aliphatic heterocycles. The molecule has 2 heterocycles. The zero-order valence-electron chi connectivity index (χ0n) is 12.6. The Morgan fingerprint density at radius 1 is 1.35 bits per heavy atom. The summed E-state index contributed by atoms with van der Waals surface area (Å²) < 4.78 is 0. The number of carbonyl (C=O) groups is 1. The summed E-state index contributed by atoms with van der Waals surface area (Å²) >= 11 is 0. The summed E-state index contributed by atoms with van der Waals surface area (Å²) in [6, 6.07) is 0. The van der Waals surface area contributed by atoms with E-state index in [4.69, 9.17) is 11.5 Å². The van der Waals surface area contributed by atoms with Crippen LogP contribution in [0.25, 0.3) is 0 Å². The van der Waals surface area contributed by atoms with Crippen LogP contribution in [0, 0.1) is 12.8 Å². The molecule has 1 aromatic heterocycles. The molecule has 1 aromatic rings. The fourth-order valence-corrected chi connectivity index (χ4v) is 2.35. The molecule has 6 heteroatoms. The summed E-state index contributed by atoms with van der Waals surface area (Å²) in [5, 5.41) is 0. The lowest BCUT2D eigenvalue weighted by Crippen LogP contribution is -2.29. The lowest BCUT2D eigenvalue weighted by Gasteiger charge is -2.24. The van der Waals surface area contributed by atoms with Gasteiger partial charge in [0.25, 0.3) is 0 Å². The van der Waals surface area contributed by atoms with Crippen molar-refractivity contribution in [3.63, 3.8) is 0 Å². The van der Waals surface area contributed by atoms with Crippen molar-refractivity contribution in [3.8, 4) is 0 Å². The number of nitrogen functional groups attached to an aromatic ring is 1. The van der Waals surface area contributed by atoms with Crippen LogP contribution in [0.4, 0.5) is 11.6 Å². The molecule has 1 atom stereocenters. The van der Waals surface area contributed by atoms with Gasteiger partial charge in [-0.05, 0) is 13.3 Å². The Bertz CT molecular complexity index is 535. The van der Waals surface area contributed by atoms with Gasteiger partial charge in [0.2, 0.25) is 5.91 Å². The fraction of sp³-hybridized carbons (Fsp3) is 0.643. The Balaban J connectivity index is 2.37. The van der Waals surface area contributed by atoms with Gasteiger partial charge in [0, 0.05) is 24.1 Å². The van der Waals surface area contributed by atoms with Crippen molar-refractivity contribution in [1.29, 1.82) is 0 Å². The molecule has 4 N–H and O–H groups in total. The second kappa shape index (κ2) is 4.92. The van der Waals surface area contributed by atoms with Gasteiger partial charge in [-0.2, -0.15) is 0 Å². The van der Waals surface area contributed by atoms with Crippen molar-refractivity contribution in [2.24, 2.45) is 11.7 Å². The van der Waals surface area contributed by atoms with Crippen molar-refractivity contribution in [1.82, 2.24) is 9.97 Å². The lowest BCUT2D eigenvalue weighted by atomic mass is 9.95. The van der Waals surface area contributed by atoms with E-state index < -0.39 is 0 Å². The molecular formula is C14H23N5O. The quantitative estimate of drug-likeness (QED) is 0.839. The highest BCUT2D eigenvalue weighted by atomic mass is 16.1. The van der Waals surface area contributed by atoms with Crippen LogP contribution in [0.1, 0.15) is 38.6 Å². The first-order valence-electron chi connectivity index (χ1n) is 6.89.